The third-order valence-electron chi connectivity index (χ3n) is 3.78. The normalized spacial score (nSPS) is 17.0. The van der Waals surface area contributed by atoms with E-state index in [1.54, 1.807) is 0 Å². The van der Waals surface area contributed by atoms with Crippen LogP contribution in [0.4, 0.5) is 5.69 Å². The van der Waals surface area contributed by atoms with Crippen molar-refractivity contribution in [3.05, 3.63) is 23.3 Å². The molecule has 0 heterocycles. The number of anilines is 1. The first-order valence-electron chi connectivity index (χ1n) is 7.22. The summed E-state index contributed by atoms with van der Waals surface area (Å²) in [5.74, 6) is 0.506. The minimum atomic E-state index is -3.44. The molecule has 0 aliphatic heterocycles. The summed E-state index contributed by atoms with van der Waals surface area (Å²) in [6, 6.07) is 3.81. The summed E-state index contributed by atoms with van der Waals surface area (Å²) in [5, 5.41) is 3.22. The van der Waals surface area contributed by atoms with Gasteiger partial charge < -0.3 is 5.32 Å². The van der Waals surface area contributed by atoms with Crippen LogP contribution in [0, 0.1) is 19.8 Å². The molecule has 20 heavy (non-hydrogen) atoms. The van der Waals surface area contributed by atoms with E-state index in [0.29, 0.717) is 10.8 Å². The Bertz CT molecular complexity index is 569. The number of benzene rings is 1. The Morgan fingerprint density at radius 3 is 2.25 bits per heavy atom. The summed E-state index contributed by atoms with van der Waals surface area (Å²) in [6.07, 6.45) is 2.25. The fraction of sp³-hybridized carbons (Fsp3) is 0.600. The van der Waals surface area contributed by atoms with Gasteiger partial charge in [0.05, 0.1) is 4.90 Å². The van der Waals surface area contributed by atoms with Gasteiger partial charge in [0, 0.05) is 18.3 Å². The van der Waals surface area contributed by atoms with Crippen LogP contribution >= 0.6 is 0 Å². The number of hydrogen-bond acceptors (Lipinski definition) is 3. The van der Waals surface area contributed by atoms with Gasteiger partial charge in [-0.15, -0.1) is 0 Å². The Kier molecular flexibility index (Phi) is 4.39. The first kappa shape index (κ1) is 15.3. The molecule has 0 aromatic heterocycles. The van der Waals surface area contributed by atoms with Crippen molar-refractivity contribution < 1.29 is 8.42 Å². The summed E-state index contributed by atoms with van der Waals surface area (Å²) in [5.41, 5.74) is 2.55. The third kappa shape index (κ3) is 3.33. The minimum absolute atomic E-state index is 0.0206. The summed E-state index contributed by atoms with van der Waals surface area (Å²) < 4.78 is 27.9. The molecule has 0 saturated heterocycles. The molecule has 1 saturated carbocycles. The zero-order valence-corrected chi connectivity index (χ0v) is 13.5. The maximum Gasteiger partial charge on any atom is 0.241 e. The molecule has 0 bridgehead atoms. The van der Waals surface area contributed by atoms with Crippen molar-refractivity contribution in [2.24, 2.45) is 5.92 Å². The fourth-order valence-corrected chi connectivity index (χ4v) is 4.44. The highest BCUT2D eigenvalue weighted by atomic mass is 32.2. The highest BCUT2D eigenvalue weighted by molar-refractivity contribution is 7.89. The molecule has 1 atom stereocenters. The number of sulfonamides is 1. The maximum atomic E-state index is 12.6. The predicted octanol–water partition coefficient (Wildman–Crippen LogP) is 2.81. The molecule has 1 unspecified atom stereocenters. The van der Waals surface area contributed by atoms with Crippen LogP contribution in [0.3, 0.4) is 0 Å². The molecular weight excluding hydrogens is 272 g/mol. The van der Waals surface area contributed by atoms with Crippen molar-refractivity contribution in [3.63, 3.8) is 0 Å². The van der Waals surface area contributed by atoms with Crippen LogP contribution in [0.1, 0.15) is 37.8 Å². The highest BCUT2D eigenvalue weighted by Gasteiger charge is 2.32. The molecule has 4 nitrogen and oxygen atoms in total. The van der Waals surface area contributed by atoms with Crippen molar-refractivity contribution in [1.82, 2.24) is 4.72 Å². The summed E-state index contributed by atoms with van der Waals surface area (Å²) in [7, 11) is -3.44. The maximum absolute atomic E-state index is 12.6. The zero-order chi connectivity index (χ0) is 14.9. The monoisotopic (exact) mass is 296 g/mol. The van der Waals surface area contributed by atoms with E-state index in [1.165, 1.54) is 0 Å². The molecule has 2 N–H and O–H groups in total. The second-order valence-electron chi connectivity index (χ2n) is 5.72. The lowest BCUT2D eigenvalue weighted by atomic mass is 10.1. The smallest absolute Gasteiger partial charge is 0.241 e. The lowest BCUT2D eigenvalue weighted by molar-refractivity contribution is 0.537. The van der Waals surface area contributed by atoms with Gasteiger partial charge in [-0.2, -0.15) is 0 Å². The Hall–Kier alpha value is -1.07. The molecule has 1 aliphatic rings. The summed E-state index contributed by atoms with van der Waals surface area (Å²) in [6.45, 7) is 8.50. The van der Waals surface area contributed by atoms with Crippen molar-refractivity contribution in [3.8, 4) is 0 Å². The molecule has 5 heteroatoms. The van der Waals surface area contributed by atoms with Crippen molar-refractivity contribution in [2.45, 2.75) is 51.5 Å². The van der Waals surface area contributed by atoms with Crippen molar-refractivity contribution in [1.29, 1.82) is 0 Å². The van der Waals surface area contributed by atoms with Crippen LogP contribution in [0.5, 0.6) is 0 Å². The predicted molar refractivity (Wildman–Crippen MR) is 82.6 cm³/mol. The second kappa shape index (κ2) is 5.74. The Labute approximate surface area is 122 Å². The van der Waals surface area contributed by atoms with E-state index < -0.39 is 10.0 Å². The van der Waals surface area contributed by atoms with Crippen LogP contribution in [-0.4, -0.2) is 21.0 Å². The molecule has 1 aromatic carbocycles. The quantitative estimate of drug-likeness (QED) is 0.848. The SMILES string of the molecule is CCNc1cc(C)c(S(=O)(=O)NC(C)C2CC2)c(C)c1. The van der Waals surface area contributed by atoms with Crippen LogP contribution in [0.2, 0.25) is 0 Å². The van der Waals surface area contributed by atoms with E-state index in [9.17, 15) is 8.42 Å². The molecule has 1 fully saturated rings. The van der Waals surface area contributed by atoms with Gasteiger partial charge in [0.15, 0.2) is 0 Å². The fourth-order valence-electron chi connectivity index (χ4n) is 2.68. The van der Waals surface area contributed by atoms with E-state index >= 15 is 0 Å². The van der Waals surface area contributed by atoms with Gasteiger partial charge in [0.2, 0.25) is 10.0 Å². The van der Waals surface area contributed by atoms with E-state index in [2.05, 4.69) is 10.0 Å². The Balaban J connectivity index is 2.30. The molecule has 0 amide bonds. The van der Waals surface area contributed by atoms with Crippen molar-refractivity contribution in [2.75, 3.05) is 11.9 Å². The number of rotatable bonds is 6. The lowest BCUT2D eigenvalue weighted by Crippen LogP contribution is -2.34. The van der Waals surface area contributed by atoms with E-state index in [1.807, 2.05) is 39.8 Å². The molecule has 1 aromatic rings. The standard InChI is InChI=1S/C15H24N2O2S/c1-5-16-14-8-10(2)15(11(3)9-14)20(18,19)17-12(4)13-6-7-13/h8-9,12-13,16-17H,5-7H2,1-4H3. The number of hydrogen-bond donors (Lipinski definition) is 2. The molecule has 2 rings (SSSR count). The minimum Gasteiger partial charge on any atom is -0.385 e. The van der Waals surface area contributed by atoms with Gasteiger partial charge in [-0.25, -0.2) is 13.1 Å². The molecule has 0 spiro atoms. The van der Waals surface area contributed by atoms with E-state index in [-0.39, 0.29) is 6.04 Å². The zero-order valence-electron chi connectivity index (χ0n) is 12.7. The average Bonchev–Trinajstić information content (AvgIpc) is 3.10. The van der Waals surface area contributed by atoms with Gasteiger partial charge in [0.25, 0.3) is 0 Å². The topological polar surface area (TPSA) is 58.2 Å². The summed E-state index contributed by atoms with van der Waals surface area (Å²) in [4.78, 5) is 0.423. The van der Waals surface area contributed by atoms with Crippen LogP contribution in [0.25, 0.3) is 0 Å². The largest absolute Gasteiger partial charge is 0.385 e. The summed E-state index contributed by atoms with van der Waals surface area (Å²) >= 11 is 0. The van der Waals surface area contributed by atoms with Gasteiger partial charge >= 0.3 is 0 Å². The molecule has 0 radical (unpaired) electrons. The molecule has 1 aliphatic carbocycles. The third-order valence-corrected chi connectivity index (χ3v) is 5.64. The van der Waals surface area contributed by atoms with Crippen molar-refractivity contribution >= 4 is 15.7 Å². The highest BCUT2D eigenvalue weighted by Crippen LogP contribution is 2.33. The van der Waals surface area contributed by atoms with Gasteiger partial charge in [-0.05, 0) is 69.7 Å². The first-order valence-corrected chi connectivity index (χ1v) is 8.71. The van der Waals surface area contributed by atoms with E-state index in [0.717, 1.165) is 36.2 Å². The average molecular weight is 296 g/mol. The van der Waals surface area contributed by atoms with Gasteiger partial charge in [-0.1, -0.05) is 0 Å². The van der Waals surface area contributed by atoms with Crippen LogP contribution in [-0.2, 0) is 10.0 Å². The number of aryl methyl sites for hydroxylation is 2. The second-order valence-corrected chi connectivity index (χ2v) is 7.37. The lowest BCUT2D eigenvalue weighted by Gasteiger charge is -2.17. The molecule has 112 valence electrons. The Morgan fingerprint density at radius 1 is 1.25 bits per heavy atom. The van der Waals surface area contributed by atoms with Gasteiger partial charge in [-0.3, -0.25) is 0 Å². The van der Waals surface area contributed by atoms with Gasteiger partial charge in [0.1, 0.15) is 0 Å². The molecular formula is C15H24N2O2S. The Morgan fingerprint density at radius 2 is 1.80 bits per heavy atom. The van der Waals surface area contributed by atoms with Crippen LogP contribution < -0.4 is 10.0 Å². The van der Waals surface area contributed by atoms with E-state index in [4.69, 9.17) is 0 Å². The first-order chi connectivity index (χ1) is 9.35. The van der Waals surface area contributed by atoms with Crippen LogP contribution in [0.15, 0.2) is 17.0 Å². The number of nitrogens with one attached hydrogen (secondary N) is 2.